The molecule has 2 saturated heterocycles. The van der Waals surface area contributed by atoms with Gasteiger partial charge in [-0.3, -0.25) is 0 Å². The molecule has 2 atom stereocenters. The highest BCUT2D eigenvalue weighted by Gasteiger charge is 2.25. The quantitative estimate of drug-likeness (QED) is 0.232. The summed E-state index contributed by atoms with van der Waals surface area (Å²) in [6.07, 6.45) is 0.413. The first-order chi connectivity index (χ1) is 16.3. The number of hydrogen-bond donors (Lipinski definition) is 0. The number of para-hydroxylation sites is 1. The molecule has 164 valence electrons. The summed E-state index contributed by atoms with van der Waals surface area (Å²) >= 11 is 0. The van der Waals surface area contributed by atoms with Crippen molar-refractivity contribution in [2.75, 3.05) is 26.4 Å². The number of epoxide rings is 2. The number of ether oxygens (including phenoxy) is 4. The SMILES string of the molecule is c1ccc(-c2cc3c4cc(OCC5CO5)ccc4c4ccccc4c3o2)c(OCC2CO2)c1. The van der Waals surface area contributed by atoms with E-state index in [1.54, 1.807) is 0 Å². The van der Waals surface area contributed by atoms with Crippen molar-refractivity contribution in [1.82, 2.24) is 0 Å². The van der Waals surface area contributed by atoms with Gasteiger partial charge in [0, 0.05) is 10.8 Å². The van der Waals surface area contributed by atoms with Crippen molar-refractivity contribution in [3.05, 3.63) is 72.8 Å². The van der Waals surface area contributed by atoms with Gasteiger partial charge in [0.2, 0.25) is 0 Å². The maximum absolute atomic E-state index is 6.51. The number of rotatable bonds is 7. The molecule has 2 fully saturated rings. The molecule has 3 heterocycles. The molecule has 0 saturated carbocycles. The summed E-state index contributed by atoms with van der Waals surface area (Å²) < 4.78 is 29.1. The summed E-state index contributed by atoms with van der Waals surface area (Å²) in [6.45, 7) is 2.67. The lowest BCUT2D eigenvalue weighted by Gasteiger charge is -2.09. The molecule has 7 rings (SSSR count). The molecule has 33 heavy (non-hydrogen) atoms. The van der Waals surface area contributed by atoms with E-state index in [0.717, 1.165) is 63.2 Å². The van der Waals surface area contributed by atoms with Crippen LogP contribution in [0.3, 0.4) is 0 Å². The van der Waals surface area contributed by atoms with Gasteiger partial charge in [-0.05, 0) is 46.5 Å². The summed E-state index contributed by atoms with van der Waals surface area (Å²) in [5, 5.41) is 5.60. The van der Waals surface area contributed by atoms with Crippen molar-refractivity contribution >= 4 is 32.5 Å². The summed E-state index contributed by atoms with van der Waals surface area (Å²) in [7, 11) is 0. The Balaban J connectivity index is 1.40. The summed E-state index contributed by atoms with van der Waals surface area (Å²) in [4.78, 5) is 0. The first kappa shape index (κ1) is 19.0. The molecular formula is C28H22O5. The minimum atomic E-state index is 0.195. The van der Waals surface area contributed by atoms with Crippen molar-refractivity contribution in [3.8, 4) is 22.8 Å². The highest BCUT2D eigenvalue weighted by atomic mass is 16.6. The van der Waals surface area contributed by atoms with Crippen LogP contribution in [0.25, 0.3) is 43.8 Å². The Bertz CT molecular complexity index is 1490. The van der Waals surface area contributed by atoms with E-state index >= 15 is 0 Å². The molecular weight excluding hydrogens is 416 g/mol. The minimum absolute atomic E-state index is 0.195. The van der Waals surface area contributed by atoms with Gasteiger partial charge >= 0.3 is 0 Å². The number of hydrogen-bond acceptors (Lipinski definition) is 5. The second kappa shape index (κ2) is 7.51. The van der Waals surface area contributed by atoms with Crippen LogP contribution in [0.4, 0.5) is 0 Å². The predicted octanol–water partition coefficient (Wildman–Crippen LogP) is 5.96. The molecule has 0 amide bonds. The van der Waals surface area contributed by atoms with Gasteiger partial charge in [0.15, 0.2) is 0 Å². The fraction of sp³-hybridized carbons (Fsp3) is 0.214. The van der Waals surface area contributed by atoms with Crippen molar-refractivity contribution in [1.29, 1.82) is 0 Å². The Morgan fingerprint density at radius 1 is 0.667 bits per heavy atom. The van der Waals surface area contributed by atoms with Gasteiger partial charge in [0.05, 0.1) is 18.8 Å². The number of benzene rings is 4. The second-order valence-corrected chi connectivity index (χ2v) is 8.64. The van der Waals surface area contributed by atoms with Crippen molar-refractivity contribution in [3.63, 3.8) is 0 Å². The summed E-state index contributed by atoms with van der Waals surface area (Å²) in [5.41, 5.74) is 1.81. The van der Waals surface area contributed by atoms with Crippen LogP contribution in [0.2, 0.25) is 0 Å². The van der Waals surface area contributed by atoms with Crippen LogP contribution in [0.15, 0.2) is 77.2 Å². The van der Waals surface area contributed by atoms with Crippen molar-refractivity contribution < 1.29 is 23.4 Å². The Hall–Kier alpha value is -3.54. The lowest BCUT2D eigenvalue weighted by molar-refractivity contribution is 0.263. The monoisotopic (exact) mass is 438 g/mol. The van der Waals surface area contributed by atoms with Gasteiger partial charge in [0.1, 0.15) is 48.3 Å². The zero-order valence-electron chi connectivity index (χ0n) is 18.0. The van der Waals surface area contributed by atoms with Crippen LogP contribution >= 0.6 is 0 Å². The van der Waals surface area contributed by atoms with Crippen molar-refractivity contribution in [2.24, 2.45) is 0 Å². The van der Waals surface area contributed by atoms with Crippen molar-refractivity contribution in [2.45, 2.75) is 12.2 Å². The first-order valence-corrected chi connectivity index (χ1v) is 11.3. The second-order valence-electron chi connectivity index (χ2n) is 8.64. The maximum Gasteiger partial charge on any atom is 0.143 e. The maximum atomic E-state index is 6.51. The van der Waals surface area contributed by atoms with E-state index in [4.69, 9.17) is 23.4 Å². The molecule has 2 unspecified atom stereocenters. The Kier molecular flexibility index (Phi) is 4.32. The van der Waals surface area contributed by atoms with Gasteiger partial charge in [-0.15, -0.1) is 0 Å². The third-order valence-corrected chi connectivity index (χ3v) is 6.29. The molecule has 2 aliphatic heterocycles. The van der Waals surface area contributed by atoms with Crippen LogP contribution in [-0.4, -0.2) is 38.6 Å². The minimum Gasteiger partial charge on any atom is -0.491 e. The normalized spacial score (nSPS) is 19.3. The third kappa shape index (κ3) is 3.50. The third-order valence-electron chi connectivity index (χ3n) is 6.29. The van der Waals surface area contributed by atoms with Gasteiger partial charge in [-0.1, -0.05) is 42.5 Å². The fourth-order valence-electron chi connectivity index (χ4n) is 4.41. The van der Waals surface area contributed by atoms with Crippen LogP contribution in [0.5, 0.6) is 11.5 Å². The van der Waals surface area contributed by atoms with E-state index < -0.39 is 0 Å². The molecule has 2 aliphatic rings. The average molecular weight is 438 g/mol. The van der Waals surface area contributed by atoms with E-state index in [-0.39, 0.29) is 12.2 Å². The van der Waals surface area contributed by atoms with Gasteiger partial charge in [0.25, 0.3) is 0 Å². The lowest BCUT2D eigenvalue weighted by atomic mass is 9.98. The molecule has 5 aromatic rings. The molecule has 0 spiro atoms. The average Bonchev–Trinajstić information content (AvgIpc) is 3.80. The van der Waals surface area contributed by atoms with Crippen LogP contribution in [0, 0.1) is 0 Å². The lowest BCUT2D eigenvalue weighted by Crippen LogP contribution is -2.04. The number of furan rings is 1. The molecule has 0 N–H and O–H groups in total. The predicted molar refractivity (Wildman–Crippen MR) is 127 cm³/mol. The largest absolute Gasteiger partial charge is 0.491 e. The van der Waals surface area contributed by atoms with Gasteiger partial charge in [-0.2, -0.15) is 0 Å². The zero-order chi connectivity index (χ0) is 21.8. The van der Waals surface area contributed by atoms with E-state index in [0.29, 0.717) is 13.2 Å². The van der Waals surface area contributed by atoms with Gasteiger partial charge in [-0.25, -0.2) is 0 Å². The fourth-order valence-corrected chi connectivity index (χ4v) is 4.41. The highest BCUT2D eigenvalue weighted by molar-refractivity contribution is 6.24. The molecule has 4 aromatic carbocycles. The van der Waals surface area contributed by atoms with Crippen LogP contribution in [-0.2, 0) is 9.47 Å². The van der Waals surface area contributed by atoms with E-state index in [1.165, 1.54) is 5.39 Å². The topological polar surface area (TPSA) is 56.7 Å². The molecule has 5 heteroatoms. The van der Waals surface area contributed by atoms with E-state index in [1.807, 2.05) is 30.3 Å². The Morgan fingerprint density at radius 2 is 1.36 bits per heavy atom. The smallest absolute Gasteiger partial charge is 0.143 e. The molecule has 0 aliphatic carbocycles. The van der Waals surface area contributed by atoms with Crippen LogP contribution < -0.4 is 9.47 Å². The molecule has 5 nitrogen and oxygen atoms in total. The highest BCUT2D eigenvalue weighted by Crippen LogP contribution is 2.42. The van der Waals surface area contributed by atoms with Gasteiger partial charge < -0.3 is 23.4 Å². The Labute approximate surface area is 190 Å². The standard InChI is InChI=1S/C28H22O5/c1-2-6-22-20(5-1)21-10-9-17(29-13-18-14-30-18)11-24(21)25-12-27(33-28(22)25)23-7-3-4-8-26(23)32-16-19-15-31-19/h1-12,18-19H,13-16H2. The number of fused-ring (bicyclic) bond motifs is 6. The van der Waals surface area contributed by atoms with E-state index in [9.17, 15) is 0 Å². The molecule has 0 bridgehead atoms. The Morgan fingerprint density at radius 3 is 2.18 bits per heavy atom. The molecule has 0 radical (unpaired) electrons. The van der Waals surface area contributed by atoms with E-state index in [2.05, 4.69) is 42.5 Å². The summed E-state index contributed by atoms with van der Waals surface area (Å²) in [6, 6.07) is 24.8. The first-order valence-electron chi connectivity index (χ1n) is 11.3. The summed E-state index contributed by atoms with van der Waals surface area (Å²) in [5.74, 6) is 2.42. The van der Waals surface area contributed by atoms with Crippen LogP contribution in [0.1, 0.15) is 0 Å². The molecule has 1 aromatic heterocycles. The zero-order valence-corrected chi connectivity index (χ0v) is 18.0.